The summed E-state index contributed by atoms with van der Waals surface area (Å²) in [4.78, 5) is 23.7. The molecule has 2 heterocycles. The van der Waals surface area contributed by atoms with E-state index in [9.17, 15) is 18.0 Å². The van der Waals surface area contributed by atoms with Crippen LogP contribution in [0.15, 0.2) is 47.8 Å². The summed E-state index contributed by atoms with van der Waals surface area (Å²) in [5, 5.41) is 14.8. The van der Waals surface area contributed by atoms with E-state index >= 15 is 0 Å². The van der Waals surface area contributed by atoms with E-state index in [0.29, 0.717) is 16.5 Å². The van der Waals surface area contributed by atoms with Crippen LogP contribution in [0.3, 0.4) is 0 Å². The number of carboxylic acids is 1. The normalized spacial score (nSPS) is 16.2. The molecule has 1 atom stereocenters. The zero-order chi connectivity index (χ0) is 24.9. The van der Waals surface area contributed by atoms with Gasteiger partial charge in [-0.05, 0) is 46.5 Å². The number of benzene rings is 2. The van der Waals surface area contributed by atoms with E-state index in [1.54, 1.807) is 11.3 Å². The predicted octanol–water partition coefficient (Wildman–Crippen LogP) is 5.77. The van der Waals surface area contributed by atoms with Crippen molar-refractivity contribution in [3.8, 4) is 0 Å². The van der Waals surface area contributed by atoms with Crippen LogP contribution in [0.4, 0.5) is 13.2 Å². The van der Waals surface area contributed by atoms with Gasteiger partial charge in [-0.25, -0.2) is 4.79 Å². The first-order valence-corrected chi connectivity index (χ1v) is 11.9. The van der Waals surface area contributed by atoms with Gasteiger partial charge in [0.05, 0.1) is 16.5 Å². The van der Waals surface area contributed by atoms with Crippen molar-refractivity contribution >= 4 is 56.5 Å². The average Bonchev–Trinajstić information content (AvgIpc) is 3.37. The molecule has 34 heavy (non-hydrogen) atoms. The smallest absolute Gasteiger partial charge is 0.475 e. The first kappa shape index (κ1) is 26.3. The van der Waals surface area contributed by atoms with Gasteiger partial charge in [0.2, 0.25) is 5.91 Å². The number of carboxylic acid groups (broad SMARTS) is 1. The molecule has 4 rings (SSSR count). The molecular weight excluding hydrogens is 512 g/mol. The zero-order valence-corrected chi connectivity index (χ0v) is 20.1. The van der Waals surface area contributed by atoms with Gasteiger partial charge in [0.25, 0.3) is 0 Å². The largest absolute Gasteiger partial charge is 0.490 e. The summed E-state index contributed by atoms with van der Waals surface area (Å²) in [5.74, 6) is -2.66. The number of nitrogens with zero attached hydrogens (tertiary/aromatic N) is 1. The van der Waals surface area contributed by atoms with E-state index in [1.165, 1.54) is 10.1 Å². The van der Waals surface area contributed by atoms with Gasteiger partial charge in [0.1, 0.15) is 0 Å². The van der Waals surface area contributed by atoms with Crippen LogP contribution < -0.4 is 5.32 Å². The second-order valence-corrected chi connectivity index (χ2v) is 9.50. The van der Waals surface area contributed by atoms with Crippen molar-refractivity contribution in [2.45, 2.75) is 31.6 Å². The Morgan fingerprint density at radius 1 is 1.15 bits per heavy atom. The second-order valence-electron chi connectivity index (χ2n) is 7.77. The van der Waals surface area contributed by atoms with Gasteiger partial charge in [-0.15, -0.1) is 11.3 Å². The fourth-order valence-electron chi connectivity index (χ4n) is 3.61. The van der Waals surface area contributed by atoms with E-state index < -0.39 is 12.1 Å². The van der Waals surface area contributed by atoms with Crippen LogP contribution in [0.2, 0.25) is 10.0 Å². The third-order valence-electron chi connectivity index (χ3n) is 5.18. The number of hydrogen-bond donors (Lipinski definition) is 2. The Morgan fingerprint density at radius 2 is 1.85 bits per heavy atom. The Labute approximate surface area is 208 Å². The van der Waals surface area contributed by atoms with Crippen molar-refractivity contribution in [3.63, 3.8) is 0 Å². The summed E-state index contributed by atoms with van der Waals surface area (Å²) in [5.41, 5.74) is 2.25. The summed E-state index contributed by atoms with van der Waals surface area (Å²) < 4.78 is 33.0. The number of carbonyl (C=O) groups excluding carboxylic acids is 1. The lowest BCUT2D eigenvalue weighted by Gasteiger charge is -2.17. The van der Waals surface area contributed by atoms with Gasteiger partial charge in [-0.1, -0.05) is 47.5 Å². The molecule has 0 spiro atoms. The van der Waals surface area contributed by atoms with Crippen molar-refractivity contribution in [1.82, 2.24) is 10.2 Å². The van der Waals surface area contributed by atoms with E-state index in [2.05, 4.69) is 27.7 Å². The third kappa shape index (κ3) is 7.33. The number of amides is 1. The fraction of sp³-hybridized carbons (Fsp3) is 0.304. The third-order valence-corrected chi connectivity index (χ3v) is 6.93. The Balaban J connectivity index is 0.000000406. The van der Waals surface area contributed by atoms with Gasteiger partial charge in [0.15, 0.2) is 0 Å². The maximum absolute atomic E-state index is 12.5. The molecule has 2 aromatic carbocycles. The summed E-state index contributed by atoms with van der Waals surface area (Å²) >= 11 is 13.8. The highest BCUT2D eigenvalue weighted by atomic mass is 35.5. The van der Waals surface area contributed by atoms with Crippen LogP contribution in [0.25, 0.3) is 10.1 Å². The maximum Gasteiger partial charge on any atom is 0.490 e. The molecule has 1 aromatic heterocycles. The van der Waals surface area contributed by atoms with Crippen molar-refractivity contribution < 1.29 is 27.9 Å². The van der Waals surface area contributed by atoms with Crippen molar-refractivity contribution in [2.24, 2.45) is 0 Å². The minimum Gasteiger partial charge on any atom is -0.475 e. The Bertz CT molecular complexity index is 1170. The summed E-state index contributed by atoms with van der Waals surface area (Å²) in [6.07, 6.45) is -3.68. The topological polar surface area (TPSA) is 69.6 Å². The van der Waals surface area contributed by atoms with Crippen molar-refractivity contribution in [1.29, 1.82) is 0 Å². The summed E-state index contributed by atoms with van der Waals surface area (Å²) in [6.45, 7) is 2.64. The minimum absolute atomic E-state index is 0.0972. The number of rotatable bonds is 5. The van der Waals surface area contributed by atoms with Crippen LogP contribution in [0, 0.1) is 0 Å². The highest BCUT2D eigenvalue weighted by Gasteiger charge is 2.38. The molecule has 1 fully saturated rings. The number of likely N-dealkylation sites (tertiary alicyclic amines) is 1. The molecule has 1 unspecified atom stereocenters. The number of fused-ring (bicyclic) bond motifs is 1. The van der Waals surface area contributed by atoms with Crippen molar-refractivity contribution in [2.75, 3.05) is 13.1 Å². The Kier molecular flexibility index (Phi) is 8.81. The maximum atomic E-state index is 12.5. The number of carbonyl (C=O) groups is 2. The number of alkyl halides is 3. The van der Waals surface area contributed by atoms with Gasteiger partial charge in [-0.3, -0.25) is 9.69 Å². The predicted molar refractivity (Wildman–Crippen MR) is 128 cm³/mol. The molecular formula is C23H21Cl2F3N2O3S. The van der Waals surface area contributed by atoms with E-state index in [0.717, 1.165) is 37.2 Å². The standard InChI is InChI=1S/C21H20Cl2N2OS.C2HF3O2/c22-18-6-5-14(9-19(18)23)11-25-8-7-16(12-25)24-21(26)10-15-13-27-20-4-2-1-3-17(15)20;3-2(4,5)1(6)7/h1-6,9,13,16H,7-8,10-12H2,(H,24,26);(H,6,7). The average molecular weight is 533 g/mol. The van der Waals surface area contributed by atoms with E-state index in [4.69, 9.17) is 33.1 Å². The first-order valence-electron chi connectivity index (χ1n) is 10.2. The molecule has 1 amide bonds. The van der Waals surface area contributed by atoms with E-state index in [1.807, 2.05) is 30.3 Å². The number of halogens is 5. The van der Waals surface area contributed by atoms with Crippen LogP contribution in [-0.4, -0.2) is 47.2 Å². The minimum atomic E-state index is -5.08. The lowest BCUT2D eigenvalue weighted by atomic mass is 10.1. The molecule has 1 aliphatic heterocycles. The molecule has 0 bridgehead atoms. The number of thiophene rings is 1. The zero-order valence-electron chi connectivity index (χ0n) is 17.7. The fourth-order valence-corrected chi connectivity index (χ4v) is 4.90. The van der Waals surface area contributed by atoms with Gasteiger partial charge in [-0.2, -0.15) is 13.2 Å². The molecule has 1 saturated heterocycles. The van der Waals surface area contributed by atoms with Gasteiger partial charge < -0.3 is 10.4 Å². The van der Waals surface area contributed by atoms with Crippen LogP contribution >= 0.6 is 34.5 Å². The molecule has 2 N–H and O–H groups in total. The highest BCUT2D eigenvalue weighted by molar-refractivity contribution is 7.17. The number of hydrogen-bond acceptors (Lipinski definition) is 4. The summed E-state index contributed by atoms with van der Waals surface area (Å²) in [7, 11) is 0. The lowest BCUT2D eigenvalue weighted by Crippen LogP contribution is -2.37. The van der Waals surface area contributed by atoms with Crippen LogP contribution in [-0.2, 0) is 22.6 Å². The van der Waals surface area contributed by atoms with Crippen LogP contribution in [0.5, 0.6) is 0 Å². The van der Waals surface area contributed by atoms with E-state index in [-0.39, 0.29) is 11.9 Å². The molecule has 182 valence electrons. The molecule has 0 saturated carbocycles. The van der Waals surface area contributed by atoms with Crippen molar-refractivity contribution in [3.05, 3.63) is 69.0 Å². The highest BCUT2D eigenvalue weighted by Crippen LogP contribution is 2.26. The Hall–Kier alpha value is -2.33. The monoisotopic (exact) mass is 532 g/mol. The SMILES string of the molecule is O=C(Cc1csc2ccccc12)NC1CCN(Cc2ccc(Cl)c(Cl)c2)C1.O=C(O)C(F)(F)F. The second kappa shape index (κ2) is 11.4. The molecule has 11 heteroatoms. The van der Waals surface area contributed by atoms with Crippen LogP contribution in [0.1, 0.15) is 17.5 Å². The first-order chi connectivity index (χ1) is 16.0. The Morgan fingerprint density at radius 3 is 2.53 bits per heavy atom. The summed E-state index contributed by atoms with van der Waals surface area (Å²) in [6, 6.07) is 14.2. The molecule has 5 nitrogen and oxygen atoms in total. The molecule has 0 aliphatic carbocycles. The van der Waals surface area contributed by atoms with Gasteiger partial charge >= 0.3 is 12.1 Å². The number of nitrogens with one attached hydrogen (secondary N) is 1. The molecule has 3 aromatic rings. The van der Waals surface area contributed by atoms with Gasteiger partial charge in [0, 0.05) is 30.4 Å². The molecule has 1 aliphatic rings. The quantitative estimate of drug-likeness (QED) is 0.437. The lowest BCUT2D eigenvalue weighted by molar-refractivity contribution is -0.192. The molecule has 0 radical (unpaired) electrons. The number of aliphatic carboxylic acids is 1.